The largest absolute Gasteiger partial charge is 0.508 e. The second-order valence-electron chi connectivity index (χ2n) is 5.45. The van der Waals surface area contributed by atoms with Crippen LogP contribution in [0, 0.1) is 5.41 Å². The predicted molar refractivity (Wildman–Crippen MR) is 73.5 cm³/mol. The highest BCUT2D eigenvalue weighted by Crippen LogP contribution is 2.23. The van der Waals surface area contributed by atoms with E-state index in [1.54, 1.807) is 12.1 Å². The minimum Gasteiger partial charge on any atom is -0.508 e. The van der Waals surface area contributed by atoms with E-state index in [0.717, 1.165) is 18.5 Å². The second kappa shape index (κ2) is 6.27. The maximum atomic E-state index is 9.39. The second-order valence-corrected chi connectivity index (χ2v) is 5.83. The van der Waals surface area contributed by atoms with Crippen LogP contribution >= 0.6 is 11.6 Å². The fourth-order valence-corrected chi connectivity index (χ4v) is 2.08. The lowest BCUT2D eigenvalue weighted by Crippen LogP contribution is -2.40. The van der Waals surface area contributed by atoms with Crippen LogP contribution in [-0.2, 0) is 6.54 Å². The lowest BCUT2D eigenvalue weighted by Gasteiger charge is -2.31. The molecule has 96 valence electrons. The van der Waals surface area contributed by atoms with Crippen molar-refractivity contribution in [3.63, 3.8) is 0 Å². The Hall–Kier alpha value is -0.730. The third-order valence-electron chi connectivity index (χ3n) is 2.91. The molecule has 1 aromatic carbocycles. The van der Waals surface area contributed by atoms with Crippen molar-refractivity contribution < 1.29 is 5.11 Å². The molecular weight excluding hydrogens is 234 g/mol. The molecule has 0 aliphatic carbocycles. The van der Waals surface area contributed by atoms with Crippen LogP contribution in [0.2, 0.25) is 0 Å². The van der Waals surface area contributed by atoms with Gasteiger partial charge in [0.2, 0.25) is 0 Å². The molecule has 0 heterocycles. The molecule has 1 rings (SSSR count). The van der Waals surface area contributed by atoms with Gasteiger partial charge in [0.1, 0.15) is 5.75 Å². The first-order valence-electron chi connectivity index (χ1n) is 6.00. The standard InChI is InChI=1S/C14H22ClNO/c1-14(2,3)13(7-8-15)16-10-11-5-4-6-12(17)9-11/h4-6,9,13,16-17H,7-8,10H2,1-3H3. The summed E-state index contributed by atoms with van der Waals surface area (Å²) in [5.74, 6) is 0.976. The number of halogens is 1. The zero-order valence-electron chi connectivity index (χ0n) is 10.8. The molecule has 17 heavy (non-hydrogen) atoms. The summed E-state index contributed by atoms with van der Waals surface area (Å²) in [5.41, 5.74) is 1.28. The maximum absolute atomic E-state index is 9.39. The summed E-state index contributed by atoms with van der Waals surface area (Å²) >= 11 is 5.83. The molecule has 1 aromatic rings. The fraction of sp³-hybridized carbons (Fsp3) is 0.571. The zero-order valence-corrected chi connectivity index (χ0v) is 11.6. The summed E-state index contributed by atoms with van der Waals surface area (Å²) in [7, 11) is 0. The Kier molecular flexibility index (Phi) is 5.29. The van der Waals surface area contributed by atoms with Crippen molar-refractivity contribution in [3.05, 3.63) is 29.8 Å². The Balaban J connectivity index is 2.58. The fourth-order valence-electron chi connectivity index (χ4n) is 1.86. The van der Waals surface area contributed by atoms with Gasteiger partial charge in [-0.05, 0) is 29.5 Å². The van der Waals surface area contributed by atoms with Gasteiger partial charge < -0.3 is 10.4 Å². The maximum Gasteiger partial charge on any atom is 0.115 e. The number of benzene rings is 1. The van der Waals surface area contributed by atoms with Crippen molar-refractivity contribution in [1.29, 1.82) is 0 Å². The number of hydrogen-bond donors (Lipinski definition) is 2. The van der Waals surface area contributed by atoms with E-state index in [1.165, 1.54) is 0 Å². The van der Waals surface area contributed by atoms with Gasteiger partial charge in [-0.1, -0.05) is 32.9 Å². The number of nitrogens with one attached hydrogen (secondary N) is 1. The third-order valence-corrected chi connectivity index (χ3v) is 3.12. The van der Waals surface area contributed by atoms with Crippen LogP contribution in [0.5, 0.6) is 5.75 Å². The molecule has 0 aromatic heterocycles. The molecular formula is C14H22ClNO. The Morgan fingerprint density at radius 3 is 2.59 bits per heavy atom. The van der Waals surface area contributed by atoms with Crippen LogP contribution in [0.3, 0.4) is 0 Å². The SMILES string of the molecule is CC(C)(C)C(CCCl)NCc1cccc(O)c1. The summed E-state index contributed by atoms with van der Waals surface area (Å²) in [6.07, 6.45) is 0.948. The quantitative estimate of drug-likeness (QED) is 0.789. The lowest BCUT2D eigenvalue weighted by molar-refractivity contribution is 0.260. The number of phenolic OH excluding ortho intramolecular Hbond substituents is 1. The Bertz CT molecular complexity index is 346. The number of rotatable bonds is 5. The molecule has 3 heteroatoms. The van der Waals surface area contributed by atoms with Crippen molar-refractivity contribution >= 4 is 11.6 Å². The van der Waals surface area contributed by atoms with E-state index in [4.69, 9.17) is 11.6 Å². The average Bonchev–Trinajstić information content (AvgIpc) is 2.22. The molecule has 0 radical (unpaired) electrons. The molecule has 0 aliphatic heterocycles. The Morgan fingerprint density at radius 2 is 2.06 bits per heavy atom. The number of aromatic hydroxyl groups is 1. The lowest BCUT2D eigenvalue weighted by atomic mass is 9.85. The number of phenols is 1. The van der Waals surface area contributed by atoms with E-state index < -0.39 is 0 Å². The normalized spacial score (nSPS) is 13.6. The third kappa shape index (κ3) is 4.97. The van der Waals surface area contributed by atoms with Gasteiger partial charge in [-0.25, -0.2) is 0 Å². The van der Waals surface area contributed by atoms with Gasteiger partial charge in [0.25, 0.3) is 0 Å². The molecule has 1 unspecified atom stereocenters. The predicted octanol–water partition coefficient (Wildman–Crippen LogP) is 3.53. The number of alkyl halides is 1. The highest BCUT2D eigenvalue weighted by atomic mass is 35.5. The summed E-state index contributed by atoms with van der Waals surface area (Å²) in [4.78, 5) is 0. The molecule has 0 saturated heterocycles. The van der Waals surface area contributed by atoms with Crippen LogP contribution in [0.25, 0.3) is 0 Å². The minimum atomic E-state index is 0.186. The summed E-state index contributed by atoms with van der Waals surface area (Å²) in [5, 5.41) is 12.9. The van der Waals surface area contributed by atoms with E-state index in [1.807, 2.05) is 12.1 Å². The molecule has 0 spiro atoms. The molecule has 2 N–H and O–H groups in total. The van der Waals surface area contributed by atoms with Crippen LogP contribution < -0.4 is 5.32 Å². The summed E-state index contributed by atoms with van der Waals surface area (Å²) in [6.45, 7) is 7.38. The molecule has 2 nitrogen and oxygen atoms in total. The van der Waals surface area contributed by atoms with Crippen molar-refractivity contribution in [2.45, 2.75) is 39.8 Å². The van der Waals surface area contributed by atoms with Crippen LogP contribution in [0.15, 0.2) is 24.3 Å². The van der Waals surface area contributed by atoms with Crippen molar-refractivity contribution in [2.24, 2.45) is 5.41 Å². The van der Waals surface area contributed by atoms with Gasteiger partial charge in [0, 0.05) is 18.5 Å². The molecule has 0 aliphatic rings. The van der Waals surface area contributed by atoms with Crippen molar-refractivity contribution in [1.82, 2.24) is 5.32 Å². The first kappa shape index (κ1) is 14.3. The molecule has 0 amide bonds. The zero-order chi connectivity index (χ0) is 12.9. The average molecular weight is 256 g/mol. The molecule has 0 saturated carbocycles. The Labute approximate surface area is 109 Å². The van der Waals surface area contributed by atoms with Crippen LogP contribution in [-0.4, -0.2) is 17.0 Å². The molecule has 1 atom stereocenters. The van der Waals surface area contributed by atoms with E-state index in [9.17, 15) is 5.11 Å². The van der Waals surface area contributed by atoms with Crippen LogP contribution in [0.1, 0.15) is 32.8 Å². The van der Waals surface area contributed by atoms with Gasteiger partial charge in [-0.2, -0.15) is 0 Å². The van der Waals surface area contributed by atoms with Gasteiger partial charge in [-0.15, -0.1) is 11.6 Å². The topological polar surface area (TPSA) is 32.3 Å². The number of hydrogen-bond acceptors (Lipinski definition) is 2. The van der Waals surface area contributed by atoms with Crippen molar-refractivity contribution in [3.8, 4) is 5.75 Å². The van der Waals surface area contributed by atoms with Gasteiger partial charge >= 0.3 is 0 Å². The van der Waals surface area contributed by atoms with E-state index in [0.29, 0.717) is 17.7 Å². The van der Waals surface area contributed by atoms with Crippen LogP contribution in [0.4, 0.5) is 0 Å². The van der Waals surface area contributed by atoms with Gasteiger partial charge in [0.05, 0.1) is 0 Å². The monoisotopic (exact) mass is 255 g/mol. The first-order valence-corrected chi connectivity index (χ1v) is 6.54. The first-order chi connectivity index (χ1) is 7.93. The summed E-state index contributed by atoms with van der Waals surface area (Å²) < 4.78 is 0. The van der Waals surface area contributed by atoms with E-state index >= 15 is 0 Å². The van der Waals surface area contributed by atoms with Crippen molar-refractivity contribution in [2.75, 3.05) is 5.88 Å². The summed E-state index contributed by atoms with van der Waals surface area (Å²) in [6, 6.07) is 7.71. The van der Waals surface area contributed by atoms with Gasteiger partial charge in [0.15, 0.2) is 0 Å². The highest BCUT2D eigenvalue weighted by Gasteiger charge is 2.23. The smallest absolute Gasteiger partial charge is 0.115 e. The molecule has 0 bridgehead atoms. The van der Waals surface area contributed by atoms with E-state index in [2.05, 4.69) is 26.1 Å². The van der Waals surface area contributed by atoms with E-state index in [-0.39, 0.29) is 5.41 Å². The Morgan fingerprint density at radius 1 is 1.35 bits per heavy atom. The minimum absolute atomic E-state index is 0.186. The molecule has 0 fully saturated rings. The van der Waals surface area contributed by atoms with Gasteiger partial charge in [-0.3, -0.25) is 0 Å². The highest BCUT2D eigenvalue weighted by molar-refractivity contribution is 6.17.